The SMILES string of the molecule is CCCCCCCCCCCC(=O)CCCC[N+](C)(C)CC(=O)[O-].[Na+]. The molecule has 142 valence electrons. The van der Waals surface area contributed by atoms with Crippen molar-refractivity contribution < 1.29 is 48.7 Å². The number of aliphatic carboxylic acids is 1. The average Bonchev–Trinajstić information content (AvgIpc) is 2.48. The minimum absolute atomic E-state index is 0. The van der Waals surface area contributed by atoms with E-state index >= 15 is 0 Å². The van der Waals surface area contributed by atoms with E-state index in [4.69, 9.17) is 0 Å². The first-order valence-electron chi connectivity index (χ1n) is 9.91. The number of Topliss-reactive ketones (excluding diaryl/α,β-unsaturated/α-hetero) is 1. The molecule has 0 saturated carbocycles. The number of carbonyl (C=O) groups is 2. The van der Waals surface area contributed by atoms with Crippen molar-refractivity contribution in [3.05, 3.63) is 0 Å². The summed E-state index contributed by atoms with van der Waals surface area (Å²) >= 11 is 0. The molecule has 0 aliphatic carbocycles. The predicted octanol–water partition coefficient (Wildman–Crippen LogP) is 0.477. The van der Waals surface area contributed by atoms with Gasteiger partial charge in [0, 0.05) is 12.8 Å². The Morgan fingerprint density at radius 3 is 1.68 bits per heavy atom. The number of carbonyl (C=O) groups excluding carboxylic acids is 2. The van der Waals surface area contributed by atoms with Gasteiger partial charge in [0.05, 0.1) is 26.6 Å². The Kier molecular flexibility index (Phi) is 19.1. The van der Waals surface area contributed by atoms with Gasteiger partial charge in [0.1, 0.15) is 12.3 Å². The summed E-state index contributed by atoms with van der Waals surface area (Å²) in [6.07, 6.45) is 14.6. The van der Waals surface area contributed by atoms with Gasteiger partial charge in [-0.2, -0.15) is 0 Å². The van der Waals surface area contributed by atoms with E-state index in [0.717, 1.165) is 25.8 Å². The number of carboxylic acids is 1. The van der Waals surface area contributed by atoms with Gasteiger partial charge in [0.2, 0.25) is 0 Å². The second kappa shape index (κ2) is 17.5. The van der Waals surface area contributed by atoms with Crippen molar-refractivity contribution in [2.24, 2.45) is 0 Å². The molecule has 25 heavy (non-hydrogen) atoms. The third-order valence-corrected chi connectivity index (χ3v) is 4.59. The van der Waals surface area contributed by atoms with E-state index in [1.54, 1.807) is 0 Å². The molecule has 0 aliphatic heterocycles. The summed E-state index contributed by atoms with van der Waals surface area (Å²) in [5.41, 5.74) is 0. The molecule has 0 amide bonds. The molecule has 0 fully saturated rings. The summed E-state index contributed by atoms with van der Waals surface area (Å²) in [6.45, 7) is 3.05. The summed E-state index contributed by atoms with van der Waals surface area (Å²) < 4.78 is 0.425. The van der Waals surface area contributed by atoms with Gasteiger partial charge >= 0.3 is 29.6 Å². The molecule has 0 spiro atoms. The smallest absolute Gasteiger partial charge is 0.544 e. The van der Waals surface area contributed by atoms with Crippen molar-refractivity contribution in [3.8, 4) is 0 Å². The monoisotopic (exact) mass is 364 g/mol. The summed E-state index contributed by atoms with van der Waals surface area (Å²) in [7, 11) is 3.78. The third-order valence-electron chi connectivity index (χ3n) is 4.59. The first-order valence-corrected chi connectivity index (χ1v) is 9.91. The van der Waals surface area contributed by atoms with Crippen LogP contribution in [0.25, 0.3) is 0 Å². The molecule has 5 heteroatoms. The molecule has 0 rings (SSSR count). The van der Waals surface area contributed by atoms with E-state index in [1.165, 1.54) is 51.4 Å². The maximum Gasteiger partial charge on any atom is 1.00 e. The summed E-state index contributed by atoms with van der Waals surface area (Å²) in [5, 5.41) is 10.6. The van der Waals surface area contributed by atoms with Crippen LogP contribution in [-0.4, -0.2) is 43.4 Å². The van der Waals surface area contributed by atoms with Crippen LogP contribution in [0.5, 0.6) is 0 Å². The number of hydrogen-bond acceptors (Lipinski definition) is 3. The molecule has 0 atom stereocenters. The van der Waals surface area contributed by atoms with Gasteiger partial charge in [-0.25, -0.2) is 0 Å². The molecular weight excluding hydrogens is 325 g/mol. The second-order valence-electron chi connectivity index (χ2n) is 7.76. The molecule has 0 bridgehead atoms. The zero-order chi connectivity index (χ0) is 18.3. The first-order chi connectivity index (χ1) is 11.4. The van der Waals surface area contributed by atoms with Crippen LogP contribution in [0.4, 0.5) is 0 Å². The Labute approximate surface area is 177 Å². The van der Waals surface area contributed by atoms with Crippen molar-refractivity contribution in [1.82, 2.24) is 0 Å². The summed E-state index contributed by atoms with van der Waals surface area (Å²) in [5.74, 6) is -0.649. The van der Waals surface area contributed by atoms with Crippen molar-refractivity contribution in [2.45, 2.75) is 90.4 Å². The number of ketones is 1. The zero-order valence-electron chi connectivity index (χ0n) is 17.3. The van der Waals surface area contributed by atoms with E-state index < -0.39 is 5.97 Å². The van der Waals surface area contributed by atoms with Crippen molar-refractivity contribution >= 4 is 11.8 Å². The molecule has 0 aliphatic rings. The summed E-state index contributed by atoms with van der Waals surface area (Å²) in [4.78, 5) is 22.5. The van der Waals surface area contributed by atoms with E-state index in [0.29, 0.717) is 23.1 Å². The molecule has 0 aromatic heterocycles. The summed E-state index contributed by atoms with van der Waals surface area (Å²) in [6, 6.07) is 0. The number of unbranched alkanes of at least 4 members (excludes halogenated alkanes) is 9. The maximum atomic E-state index is 11.8. The molecule has 0 aromatic carbocycles. The molecule has 0 radical (unpaired) electrons. The van der Waals surface area contributed by atoms with Gasteiger partial charge in [-0.05, 0) is 19.3 Å². The largest absolute Gasteiger partial charge is 1.00 e. The van der Waals surface area contributed by atoms with E-state index in [9.17, 15) is 14.7 Å². The fourth-order valence-corrected chi connectivity index (χ4v) is 3.05. The Morgan fingerprint density at radius 1 is 0.760 bits per heavy atom. The number of quaternary nitrogens is 1. The molecule has 0 heterocycles. The Hall–Kier alpha value is 0.100. The van der Waals surface area contributed by atoms with Crippen LogP contribution in [0.1, 0.15) is 90.4 Å². The first kappa shape index (κ1) is 27.3. The van der Waals surface area contributed by atoms with E-state index in [2.05, 4.69) is 6.92 Å². The van der Waals surface area contributed by atoms with Crippen LogP contribution in [0.2, 0.25) is 0 Å². The van der Waals surface area contributed by atoms with Gasteiger partial charge in [0.25, 0.3) is 0 Å². The number of nitrogens with zero attached hydrogens (tertiary/aromatic N) is 1. The molecule has 0 saturated heterocycles. The number of likely N-dealkylation sites (N-methyl/N-ethyl adjacent to an activating group) is 1. The quantitative estimate of drug-likeness (QED) is 0.214. The fourth-order valence-electron chi connectivity index (χ4n) is 3.05. The normalized spacial score (nSPS) is 11.2. The molecule has 0 aromatic rings. The number of rotatable bonds is 17. The van der Waals surface area contributed by atoms with Crippen LogP contribution >= 0.6 is 0 Å². The van der Waals surface area contributed by atoms with E-state index in [-0.39, 0.29) is 36.1 Å². The van der Waals surface area contributed by atoms with Crippen molar-refractivity contribution in [2.75, 3.05) is 27.2 Å². The van der Waals surface area contributed by atoms with Gasteiger partial charge in [-0.1, -0.05) is 58.3 Å². The Bertz CT molecular complexity index is 346. The zero-order valence-corrected chi connectivity index (χ0v) is 19.3. The average molecular weight is 365 g/mol. The second-order valence-corrected chi connectivity index (χ2v) is 7.76. The minimum atomic E-state index is -1.01. The Balaban J connectivity index is 0. The minimum Gasteiger partial charge on any atom is -0.544 e. The third kappa shape index (κ3) is 20.3. The van der Waals surface area contributed by atoms with Crippen molar-refractivity contribution in [1.29, 1.82) is 0 Å². The van der Waals surface area contributed by atoms with Crippen molar-refractivity contribution in [3.63, 3.8) is 0 Å². The van der Waals surface area contributed by atoms with Crippen LogP contribution in [-0.2, 0) is 9.59 Å². The van der Waals surface area contributed by atoms with Gasteiger partial charge < -0.3 is 14.4 Å². The maximum absolute atomic E-state index is 11.8. The molecule has 4 nitrogen and oxygen atoms in total. The predicted molar refractivity (Wildman–Crippen MR) is 97.6 cm³/mol. The Morgan fingerprint density at radius 2 is 1.20 bits per heavy atom. The van der Waals surface area contributed by atoms with Gasteiger partial charge in [-0.3, -0.25) is 4.79 Å². The molecule has 0 N–H and O–H groups in total. The van der Waals surface area contributed by atoms with Crippen LogP contribution in [0, 0.1) is 0 Å². The van der Waals surface area contributed by atoms with Crippen LogP contribution < -0.4 is 34.7 Å². The standard InChI is InChI=1S/C20H39NO3.Na/c1-4-5-6-7-8-9-10-11-12-15-19(22)16-13-14-17-21(2,3)18-20(23)24;/h4-18H2,1-3H3;/q;+1. The van der Waals surface area contributed by atoms with Crippen LogP contribution in [0.3, 0.4) is 0 Å². The van der Waals surface area contributed by atoms with Gasteiger partial charge in [-0.15, -0.1) is 0 Å². The number of hydrogen-bond donors (Lipinski definition) is 0. The topological polar surface area (TPSA) is 57.2 Å². The molecular formula is C20H39NNaO3+. The van der Waals surface area contributed by atoms with E-state index in [1.807, 2.05) is 14.1 Å². The number of carboxylic acid groups (broad SMARTS) is 1. The van der Waals surface area contributed by atoms with Crippen LogP contribution in [0.15, 0.2) is 0 Å². The van der Waals surface area contributed by atoms with Gasteiger partial charge in [0.15, 0.2) is 0 Å². The fraction of sp³-hybridized carbons (Fsp3) is 0.900. The molecule has 0 unspecified atom stereocenters.